The molecule has 2 fully saturated rings. The van der Waals surface area contributed by atoms with E-state index >= 15 is 0 Å². The molecule has 0 atom stereocenters. The third-order valence-corrected chi connectivity index (χ3v) is 5.12. The van der Waals surface area contributed by atoms with Gasteiger partial charge >= 0.3 is 0 Å². The van der Waals surface area contributed by atoms with E-state index in [0.717, 1.165) is 18.0 Å². The summed E-state index contributed by atoms with van der Waals surface area (Å²) < 4.78 is 0. The van der Waals surface area contributed by atoms with Crippen LogP contribution in [0.15, 0.2) is 24.3 Å². The summed E-state index contributed by atoms with van der Waals surface area (Å²) in [5.74, 6) is 0.941. The quantitative estimate of drug-likeness (QED) is 0.845. The van der Waals surface area contributed by atoms with E-state index in [1.165, 1.54) is 70.5 Å². The van der Waals surface area contributed by atoms with Crippen LogP contribution >= 0.6 is 0 Å². The van der Waals surface area contributed by atoms with Gasteiger partial charge in [-0.2, -0.15) is 0 Å². The molecule has 21 heavy (non-hydrogen) atoms. The molecule has 1 aromatic rings. The molecule has 0 bridgehead atoms. The van der Waals surface area contributed by atoms with E-state index in [0.29, 0.717) is 0 Å². The first kappa shape index (κ1) is 14.9. The van der Waals surface area contributed by atoms with Crippen molar-refractivity contribution in [3.05, 3.63) is 29.8 Å². The van der Waals surface area contributed by atoms with Crippen molar-refractivity contribution >= 4 is 5.69 Å². The van der Waals surface area contributed by atoms with Crippen LogP contribution in [0.2, 0.25) is 0 Å². The van der Waals surface area contributed by atoms with Crippen LogP contribution in [0.1, 0.15) is 31.2 Å². The Balaban J connectivity index is 1.36. The van der Waals surface area contributed by atoms with E-state index in [2.05, 4.69) is 21.9 Å². The van der Waals surface area contributed by atoms with Crippen LogP contribution in [0.5, 0.6) is 0 Å². The van der Waals surface area contributed by atoms with Crippen LogP contribution in [0.3, 0.4) is 0 Å². The van der Waals surface area contributed by atoms with Crippen LogP contribution < -0.4 is 5.73 Å². The Kier molecular flexibility index (Phi) is 5.15. The van der Waals surface area contributed by atoms with E-state index in [9.17, 15) is 0 Å². The van der Waals surface area contributed by atoms with Gasteiger partial charge in [0.2, 0.25) is 0 Å². The molecule has 0 unspecified atom stereocenters. The summed E-state index contributed by atoms with van der Waals surface area (Å²) in [5, 5.41) is 0. The number of rotatable bonds is 5. The average Bonchev–Trinajstić information content (AvgIpc) is 3.01. The Morgan fingerprint density at radius 2 is 1.57 bits per heavy atom. The molecule has 116 valence electrons. The fourth-order valence-electron chi connectivity index (χ4n) is 3.69. The minimum atomic E-state index is 0.862. The summed E-state index contributed by atoms with van der Waals surface area (Å²) in [6.07, 6.45) is 6.76. The minimum absolute atomic E-state index is 0.862. The molecule has 0 amide bonds. The molecule has 0 aliphatic carbocycles. The van der Waals surface area contributed by atoms with Crippen molar-refractivity contribution in [2.75, 3.05) is 45.0 Å². The number of likely N-dealkylation sites (tertiary alicyclic amines) is 2. The normalized spacial score (nSPS) is 21.9. The summed E-state index contributed by atoms with van der Waals surface area (Å²) in [7, 11) is 0. The number of nitrogens with two attached hydrogens (primary N) is 1. The van der Waals surface area contributed by atoms with Gasteiger partial charge in [0.25, 0.3) is 0 Å². The Labute approximate surface area is 129 Å². The van der Waals surface area contributed by atoms with Gasteiger partial charge in [-0.05, 0) is 81.9 Å². The molecule has 0 spiro atoms. The van der Waals surface area contributed by atoms with Crippen molar-refractivity contribution in [3.8, 4) is 0 Å². The molecule has 3 rings (SSSR count). The summed E-state index contributed by atoms with van der Waals surface area (Å²) in [5.41, 5.74) is 8.00. The predicted octanol–water partition coefficient (Wildman–Crippen LogP) is 2.62. The highest BCUT2D eigenvalue weighted by Crippen LogP contribution is 2.21. The maximum Gasteiger partial charge on any atom is 0.0314 e. The van der Waals surface area contributed by atoms with Crippen molar-refractivity contribution in [1.29, 1.82) is 0 Å². The van der Waals surface area contributed by atoms with Gasteiger partial charge in [0.15, 0.2) is 0 Å². The maximum atomic E-state index is 5.73. The van der Waals surface area contributed by atoms with E-state index < -0.39 is 0 Å². The van der Waals surface area contributed by atoms with Crippen LogP contribution in [-0.2, 0) is 6.42 Å². The number of nitrogens with zero attached hydrogens (tertiary/aromatic N) is 2. The van der Waals surface area contributed by atoms with Gasteiger partial charge < -0.3 is 15.5 Å². The molecule has 2 aliphatic rings. The molecule has 0 saturated carbocycles. The second-order valence-corrected chi connectivity index (χ2v) is 6.78. The highest BCUT2D eigenvalue weighted by molar-refractivity contribution is 5.39. The first-order valence-electron chi connectivity index (χ1n) is 8.59. The first-order chi connectivity index (χ1) is 10.3. The fraction of sp³-hybridized carbons (Fsp3) is 0.667. The van der Waals surface area contributed by atoms with Gasteiger partial charge in [-0.1, -0.05) is 12.1 Å². The van der Waals surface area contributed by atoms with E-state index in [-0.39, 0.29) is 0 Å². The molecule has 2 aliphatic heterocycles. The number of hydrogen-bond acceptors (Lipinski definition) is 3. The van der Waals surface area contributed by atoms with Gasteiger partial charge in [-0.3, -0.25) is 0 Å². The Hall–Kier alpha value is -1.06. The number of piperidine rings is 1. The van der Waals surface area contributed by atoms with Gasteiger partial charge in [-0.25, -0.2) is 0 Å². The Morgan fingerprint density at radius 3 is 2.24 bits per heavy atom. The van der Waals surface area contributed by atoms with Crippen molar-refractivity contribution in [2.45, 2.75) is 32.1 Å². The molecular formula is C18H29N3. The zero-order chi connectivity index (χ0) is 14.5. The number of nitrogen functional groups attached to an aromatic ring is 1. The summed E-state index contributed by atoms with van der Waals surface area (Å²) in [4.78, 5) is 5.31. The van der Waals surface area contributed by atoms with Crippen molar-refractivity contribution < 1.29 is 0 Å². The molecular weight excluding hydrogens is 258 g/mol. The van der Waals surface area contributed by atoms with Gasteiger partial charge in [0, 0.05) is 18.8 Å². The number of hydrogen-bond donors (Lipinski definition) is 1. The fourth-order valence-corrected chi connectivity index (χ4v) is 3.69. The second-order valence-electron chi connectivity index (χ2n) is 6.78. The molecule has 0 aromatic heterocycles. The Bertz CT molecular complexity index is 415. The second kappa shape index (κ2) is 7.28. The molecule has 2 N–H and O–H groups in total. The standard InChI is InChI=1S/C18H29N3/c19-18-5-3-16(4-6-18)7-12-20-13-8-17(9-14-20)15-21-10-1-2-11-21/h3-6,17H,1-2,7-15,19H2. The van der Waals surface area contributed by atoms with Crippen LogP contribution in [0.25, 0.3) is 0 Å². The summed E-state index contributed by atoms with van der Waals surface area (Å²) >= 11 is 0. The van der Waals surface area contributed by atoms with Crippen molar-refractivity contribution in [2.24, 2.45) is 5.92 Å². The SMILES string of the molecule is Nc1ccc(CCN2CCC(CN3CCCC3)CC2)cc1. The van der Waals surface area contributed by atoms with Gasteiger partial charge in [-0.15, -0.1) is 0 Å². The zero-order valence-electron chi connectivity index (χ0n) is 13.1. The van der Waals surface area contributed by atoms with E-state index in [1.807, 2.05) is 12.1 Å². The zero-order valence-corrected chi connectivity index (χ0v) is 13.1. The predicted molar refractivity (Wildman–Crippen MR) is 89.4 cm³/mol. The molecule has 3 nitrogen and oxygen atoms in total. The van der Waals surface area contributed by atoms with Gasteiger partial charge in [0.1, 0.15) is 0 Å². The highest BCUT2D eigenvalue weighted by Gasteiger charge is 2.22. The summed E-state index contributed by atoms with van der Waals surface area (Å²) in [6.45, 7) is 7.81. The lowest BCUT2D eigenvalue weighted by Gasteiger charge is -2.33. The third-order valence-electron chi connectivity index (χ3n) is 5.12. The molecule has 1 aromatic carbocycles. The van der Waals surface area contributed by atoms with Crippen LogP contribution in [0, 0.1) is 5.92 Å². The molecule has 3 heteroatoms. The number of anilines is 1. The molecule has 2 saturated heterocycles. The van der Waals surface area contributed by atoms with Crippen molar-refractivity contribution in [1.82, 2.24) is 9.80 Å². The highest BCUT2D eigenvalue weighted by atomic mass is 15.2. The molecule has 2 heterocycles. The average molecular weight is 287 g/mol. The lowest BCUT2D eigenvalue weighted by Crippen LogP contribution is -2.38. The van der Waals surface area contributed by atoms with Crippen LogP contribution in [-0.4, -0.2) is 49.1 Å². The number of benzene rings is 1. The first-order valence-corrected chi connectivity index (χ1v) is 8.59. The topological polar surface area (TPSA) is 32.5 Å². The Morgan fingerprint density at radius 1 is 0.905 bits per heavy atom. The third kappa shape index (κ3) is 4.45. The van der Waals surface area contributed by atoms with E-state index in [4.69, 9.17) is 5.73 Å². The minimum Gasteiger partial charge on any atom is -0.399 e. The summed E-state index contributed by atoms with van der Waals surface area (Å²) in [6, 6.07) is 8.35. The monoisotopic (exact) mass is 287 g/mol. The largest absolute Gasteiger partial charge is 0.399 e. The van der Waals surface area contributed by atoms with Crippen molar-refractivity contribution in [3.63, 3.8) is 0 Å². The lowest BCUT2D eigenvalue weighted by atomic mass is 9.96. The smallest absolute Gasteiger partial charge is 0.0314 e. The molecule has 0 radical (unpaired) electrons. The van der Waals surface area contributed by atoms with E-state index in [1.54, 1.807) is 0 Å². The van der Waals surface area contributed by atoms with Crippen LogP contribution in [0.4, 0.5) is 5.69 Å². The maximum absolute atomic E-state index is 5.73. The lowest BCUT2D eigenvalue weighted by molar-refractivity contribution is 0.155. The van der Waals surface area contributed by atoms with Gasteiger partial charge in [0.05, 0.1) is 0 Å².